The Morgan fingerprint density at radius 2 is 1.30 bits per heavy atom. The third-order valence-electron chi connectivity index (χ3n) is 7.69. The molecule has 5 aromatic rings. The van der Waals surface area contributed by atoms with E-state index in [1.54, 1.807) is 24.3 Å². The van der Waals surface area contributed by atoms with Gasteiger partial charge in [0, 0.05) is 35.6 Å². The number of carbonyl (C=O) groups excluding carboxylic acids is 2. The van der Waals surface area contributed by atoms with Crippen LogP contribution in [0.2, 0.25) is 0 Å². The maximum atomic E-state index is 13.6. The molecule has 1 fully saturated rings. The average Bonchev–Trinajstić information content (AvgIpc) is 3.01. The number of hydrogen-bond acceptors (Lipinski definition) is 6. The van der Waals surface area contributed by atoms with Crippen LogP contribution < -0.4 is 16.0 Å². The van der Waals surface area contributed by atoms with Gasteiger partial charge in [0.25, 0.3) is 5.91 Å². The number of benzene rings is 4. The van der Waals surface area contributed by atoms with Gasteiger partial charge in [-0.2, -0.15) is 4.98 Å². The first-order valence-electron chi connectivity index (χ1n) is 13.7. The molecule has 200 valence electrons. The lowest BCUT2D eigenvalue weighted by atomic mass is 9.90. The van der Waals surface area contributed by atoms with E-state index in [1.807, 2.05) is 73.8 Å². The molecule has 0 saturated heterocycles. The van der Waals surface area contributed by atoms with E-state index in [0.29, 0.717) is 22.6 Å². The SMILES string of the molecule is CNc1nc(NC2CCC(NC(=O)c3ccccc3C(=O)c3cccc4ccccc34)CC2)nc2ccccc12. The van der Waals surface area contributed by atoms with Gasteiger partial charge < -0.3 is 16.0 Å². The summed E-state index contributed by atoms with van der Waals surface area (Å²) in [6.45, 7) is 0. The first-order valence-corrected chi connectivity index (χ1v) is 13.7. The molecule has 1 aromatic heterocycles. The zero-order chi connectivity index (χ0) is 27.5. The molecular formula is C33H31N5O2. The van der Waals surface area contributed by atoms with Gasteiger partial charge in [-0.1, -0.05) is 72.8 Å². The largest absolute Gasteiger partial charge is 0.372 e. The Bertz CT molecular complexity index is 1700. The summed E-state index contributed by atoms with van der Waals surface area (Å²) >= 11 is 0. The number of fused-ring (bicyclic) bond motifs is 2. The second-order valence-electron chi connectivity index (χ2n) is 10.2. The van der Waals surface area contributed by atoms with E-state index in [0.717, 1.165) is 53.2 Å². The number of rotatable bonds is 7. The minimum Gasteiger partial charge on any atom is -0.372 e. The second kappa shape index (κ2) is 11.1. The van der Waals surface area contributed by atoms with Crippen LogP contribution in [0.5, 0.6) is 0 Å². The summed E-state index contributed by atoms with van der Waals surface area (Å²) < 4.78 is 0. The molecule has 0 aliphatic heterocycles. The van der Waals surface area contributed by atoms with Crippen LogP contribution in [0.25, 0.3) is 21.7 Å². The molecule has 3 N–H and O–H groups in total. The van der Waals surface area contributed by atoms with Crippen molar-refractivity contribution in [3.63, 3.8) is 0 Å². The molecule has 40 heavy (non-hydrogen) atoms. The highest BCUT2D eigenvalue weighted by atomic mass is 16.2. The fourth-order valence-corrected chi connectivity index (χ4v) is 5.61. The molecule has 1 aliphatic rings. The molecule has 7 nitrogen and oxygen atoms in total. The van der Waals surface area contributed by atoms with Crippen LogP contribution >= 0.6 is 0 Å². The minimum absolute atomic E-state index is 0.0386. The molecular weight excluding hydrogens is 498 g/mol. The Kier molecular flexibility index (Phi) is 7.10. The van der Waals surface area contributed by atoms with Gasteiger partial charge in [-0.25, -0.2) is 4.98 Å². The van der Waals surface area contributed by atoms with Crippen molar-refractivity contribution < 1.29 is 9.59 Å². The lowest BCUT2D eigenvalue weighted by molar-refractivity contribution is 0.0917. The monoisotopic (exact) mass is 529 g/mol. The highest BCUT2D eigenvalue weighted by molar-refractivity contribution is 6.20. The van der Waals surface area contributed by atoms with Gasteiger partial charge in [0.1, 0.15) is 5.82 Å². The van der Waals surface area contributed by atoms with Gasteiger partial charge in [0.15, 0.2) is 5.78 Å². The molecule has 7 heteroatoms. The molecule has 6 rings (SSSR count). The average molecular weight is 530 g/mol. The van der Waals surface area contributed by atoms with Gasteiger partial charge in [-0.15, -0.1) is 0 Å². The summed E-state index contributed by atoms with van der Waals surface area (Å²) in [5.74, 6) is 1.05. The Morgan fingerprint density at radius 1 is 0.675 bits per heavy atom. The number of anilines is 2. The van der Waals surface area contributed by atoms with E-state index in [4.69, 9.17) is 4.98 Å². The van der Waals surface area contributed by atoms with Crippen LogP contribution in [0, 0.1) is 0 Å². The number of hydrogen-bond donors (Lipinski definition) is 3. The lowest BCUT2D eigenvalue weighted by Gasteiger charge is -2.30. The first-order chi connectivity index (χ1) is 19.6. The zero-order valence-corrected chi connectivity index (χ0v) is 22.4. The quantitative estimate of drug-likeness (QED) is 0.217. The molecule has 0 bridgehead atoms. The van der Waals surface area contributed by atoms with Crippen molar-refractivity contribution in [3.8, 4) is 0 Å². The summed E-state index contributed by atoms with van der Waals surface area (Å²) in [7, 11) is 1.86. The van der Waals surface area contributed by atoms with Crippen molar-refractivity contribution in [1.82, 2.24) is 15.3 Å². The van der Waals surface area contributed by atoms with Crippen molar-refractivity contribution in [2.75, 3.05) is 17.7 Å². The van der Waals surface area contributed by atoms with Crippen molar-refractivity contribution in [2.45, 2.75) is 37.8 Å². The lowest BCUT2D eigenvalue weighted by Crippen LogP contribution is -2.40. The molecule has 0 unspecified atom stereocenters. The standard InChI is InChI=1S/C33H31N5O2/c1-34-31-28-14-6-7-16-29(28)37-33(38-31)36-23-19-17-22(18-20-23)35-32(40)27-13-5-4-12-26(27)30(39)25-15-8-10-21-9-2-3-11-24(21)25/h2-16,22-23H,17-20H2,1H3,(H,35,40)(H2,34,36,37,38). The van der Waals surface area contributed by atoms with Crippen molar-refractivity contribution in [3.05, 3.63) is 108 Å². The predicted octanol–water partition coefficient (Wildman–Crippen LogP) is 6.21. The molecule has 1 saturated carbocycles. The summed E-state index contributed by atoms with van der Waals surface area (Å²) in [6, 6.07) is 28.8. The maximum Gasteiger partial charge on any atom is 0.252 e. The van der Waals surface area contributed by atoms with Gasteiger partial charge in [0.05, 0.1) is 11.1 Å². The smallest absolute Gasteiger partial charge is 0.252 e. The third-order valence-corrected chi connectivity index (χ3v) is 7.69. The van der Waals surface area contributed by atoms with Crippen LogP contribution in [-0.4, -0.2) is 40.8 Å². The molecule has 0 radical (unpaired) electrons. The van der Waals surface area contributed by atoms with Crippen LogP contribution in [-0.2, 0) is 0 Å². The molecule has 1 amide bonds. The molecule has 0 spiro atoms. The Hall–Kier alpha value is -4.78. The highest BCUT2D eigenvalue weighted by Gasteiger charge is 2.26. The summed E-state index contributed by atoms with van der Waals surface area (Å²) in [5, 5.41) is 12.7. The number of nitrogens with one attached hydrogen (secondary N) is 3. The van der Waals surface area contributed by atoms with E-state index in [1.165, 1.54) is 0 Å². The van der Waals surface area contributed by atoms with Crippen LogP contribution in [0.4, 0.5) is 11.8 Å². The molecule has 0 atom stereocenters. The van der Waals surface area contributed by atoms with E-state index in [9.17, 15) is 9.59 Å². The Labute approximate surface area is 233 Å². The van der Waals surface area contributed by atoms with E-state index >= 15 is 0 Å². The van der Waals surface area contributed by atoms with Crippen LogP contribution in [0.15, 0.2) is 91.0 Å². The maximum absolute atomic E-state index is 13.6. The topological polar surface area (TPSA) is 96.0 Å². The second-order valence-corrected chi connectivity index (χ2v) is 10.2. The van der Waals surface area contributed by atoms with Gasteiger partial charge >= 0.3 is 0 Å². The number of nitrogens with zero attached hydrogens (tertiary/aromatic N) is 2. The molecule has 1 heterocycles. The van der Waals surface area contributed by atoms with Crippen molar-refractivity contribution in [1.29, 1.82) is 0 Å². The van der Waals surface area contributed by atoms with E-state index in [2.05, 4.69) is 20.9 Å². The first kappa shape index (κ1) is 25.5. The number of aromatic nitrogens is 2. The minimum atomic E-state index is -0.211. The summed E-state index contributed by atoms with van der Waals surface area (Å²) in [4.78, 5) is 36.4. The van der Waals surface area contributed by atoms with Gasteiger partial charge in [0.2, 0.25) is 5.95 Å². The van der Waals surface area contributed by atoms with Crippen LogP contribution in [0.1, 0.15) is 52.0 Å². The van der Waals surface area contributed by atoms with Crippen molar-refractivity contribution in [2.24, 2.45) is 0 Å². The number of ketones is 1. The van der Waals surface area contributed by atoms with Gasteiger partial charge in [-0.05, 0) is 54.7 Å². The zero-order valence-electron chi connectivity index (χ0n) is 22.4. The summed E-state index contributed by atoms with van der Waals surface area (Å²) in [6.07, 6.45) is 3.42. The number of carbonyl (C=O) groups is 2. The van der Waals surface area contributed by atoms with Gasteiger partial charge in [-0.3, -0.25) is 9.59 Å². The summed E-state index contributed by atoms with van der Waals surface area (Å²) in [5.41, 5.74) is 2.31. The predicted molar refractivity (Wildman–Crippen MR) is 160 cm³/mol. The molecule has 1 aliphatic carbocycles. The van der Waals surface area contributed by atoms with E-state index in [-0.39, 0.29) is 23.8 Å². The Balaban J connectivity index is 1.12. The van der Waals surface area contributed by atoms with E-state index < -0.39 is 0 Å². The fraction of sp³-hybridized carbons (Fsp3) is 0.212. The Morgan fingerprint density at radius 3 is 2.10 bits per heavy atom. The highest BCUT2D eigenvalue weighted by Crippen LogP contribution is 2.26. The van der Waals surface area contributed by atoms with Crippen molar-refractivity contribution >= 4 is 45.1 Å². The third kappa shape index (κ3) is 5.10. The number of para-hydroxylation sites is 1. The van der Waals surface area contributed by atoms with Crippen LogP contribution in [0.3, 0.4) is 0 Å². The fourth-order valence-electron chi connectivity index (χ4n) is 5.61. The number of amides is 1. The normalized spacial score (nSPS) is 16.9. The molecule has 4 aromatic carbocycles.